The van der Waals surface area contributed by atoms with Crippen LogP contribution in [0.5, 0.6) is 0 Å². The lowest BCUT2D eigenvalue weighted by molar-refractivity contribution is -0.145. The van der Waals surface area contributed by atoms with Gasteiger partial charge in [0.2, 0.25) is 0 Å². The van der Waals surface area contributed by atoms with Crippen molar-refractivity contribution >= 4 is 15.8 Å². The van der Waals surface area contributed by atoms with Gasteiger partial charge in [0.05, 0.1) is 12.2 Å². The Hall–Kier alpha value is -1.31. The Morgan fingerprint density at radius 2 is 1.90 bits per heavy atom. The van der Waals surface area contributed by atoms with E-state index in [9.17, 15) is 26.4 Å². The number of carbonyl (C=O) groups is 1. The average Bonchev–Trinajstić information content (AvgIpc) is 2.38. The maximum absolute atomic E-state index is 12.7. The highest BCUT2D eigenvalue weighted by molar-refractivity contribution is 7.97. The van der Waals surface area contributed by atoms with E-state index in [0.717, 1.165) is 19.9 Å². The van der Waals surface area contributed by atoms with E-state index >= 15 is 0 Å². The van der Waals surface area contributed by atoms with Crippen LogP contribution >= 0.6 is 0 Å². The van der Waals surface area contributed by atoms with Gasteiger partial charge in [0, 0.05) is 4.91 Å². The van der Waals surface area contributed by atoms with E-state index in [4.69, 9.17) is 4.74 Å². The number of sulfone groups is 1. The topological polar surface area (TPSA) is 60.4 Å². The minimum Gasteiger partial charge on any atom is -0.465 e. The monoisotopic (exact) mass is 326 g/mol. The van der Waals surface area contributed by atoms with Gasteiger partial charge in [-0.3, -0.25) is 4.79 Å². The molecule has 120 valence electrons. The summed E-state index contributed by atoms with van der Waals surface area (Å²) in [6.07, 6.45) is -3.19. The van der Waals surface area contributed by atoms with Gasteiger partial charge in [-0.2, -0.15) is 13.2 Å². The van der Waals surface area contributed by atoms with E-state index in [1.807, 2.05) is 0 Å². The molecule has 0 fully saturated rings. The Bertz CT molecular complexity index is 583. The zero-order valence-corrected chi connectivity index (χ0v) is 12.8. The Morgan fingerprint density at radius 3 is 2.38 bits per heavy atom. The third kappa shape index (κ3) is 3.48. The van der Waals surface area contributed by atoms with Crippen molar-refractivity contribution in [3.05, 3.63) is 22.6 Å². The molecular formula is C13H17F3O4S. The number of ether oxygens (including phenoxy) is 1. The molecule has 8 heteroatoms. The van der Waals surface area contributed by atoms with Crippen LogP contribution in [0.3, 0.4) is 0 Å². The van der Waals surface area contributed by atoms with Gasteiger partial charge in [0.15, 0.2) is 14.6 Å². The summed E-state index contributed by atoms with van der Waals surface area (Å²) in [7, 11) is -4.23. The minimum atomic E-state index is -4.62. The molecule has 0 atom stereocenters. The van der Waals surface area contributed by atoms with Gasteiger partial charge >= 0.3 is 12.1 Å². The molecule has 1 aliphatic rings. The summed E-state index contributed by atoms with van der Waals surface area (Å²) in [5.41, 5.74) is -1.01. The largest absolute Gasteiger partial charge is 0.465 e. The molecule has 0 spiro atoms. The molecule has 0 bridgehead atoms. The van der Waals surface area contributed by atoms with Gasteiger partial charge in [-0.1, -0.05) is 6.08 Å². The second-order valence-corrected chi connectivity index (χ2v) is 7.59. The van der Waals surface area contributed by atoms with Crippen LogP contribution in [0.4, 0.5) is 13.2 Å². The molecule has 4 nitrogen and oxygen atoms in total. The SMILES string of the molecule is CCOC(=O)C(C)(C)S(=O)(=O)C1=CC(C(F)(F)F)=CCC1. The number of esters is 1. The highest BCUT2D eigenvalue weighted by Gasteiger charge is 2.46. The summed E-state index contributed by atoms with van der Waals surface area (Å²) < 4.78 is 65.7. The van der Waals surface area contributed by atoms with Gasteiger partial charge < -0.3 is 4.74 Å². The van der Waals surface area contributed by atoms with Crippen LogP contribution in [0.25, 0.3) is 0 Å². The lowest BCUT2D eigenvalue weighted by atomic mass is 10.1. The molecule has 0 N–H and O–H groups in total. The van der Waals surface area contributed by atoms with E-state index in [1.54, 1.807) is 0 Å². The van der Waals surface area contributed by atoms with Crippen LogP contribution in [0.15, 0.2) is 22.6 Å². The third-order valence-electron chi connectivity index (χ3n) is 3.18. The molecule has 0 unspecified atom stereocenters. The lowest BCUT2D eigenvalue weighted by Crippen LogP contribution is -2.43. The van der Waals surface area contributed by atoms with Gasteiger partial charge in [0.1, 0.15) is 0 Å². The molecule has 0 aliphatic heterocycles. The van der Waals surface area contributed by atoms with Gasteiger partial charge in [-0.25, -0.2) is 8.42 Å². The average molecular weight is 326 g/mol. The molecule has 0 aromatic carbocycles. The molecule has 0 saturated carbocycles. The zero-order chi connectivity index (χ0) is 16.5. The number of halogens is 3. The summed E-state index contributed by atoms with van der Waals surface area (Å²) in [5, 5.41) is 0. The molecule has 21 heavy (non-hydrogen) atoms. The van der Waals surface area contributed by atoms with Crippen LogP contribution < -0.4 is 0 Å². The Morgan fingerprint density at radius 1 is 1.33 bits per heavy atom. The van der Waals surface area contributed by atoms with Gasteiger partial charge in [0.25, 0.3) is 0 Å². The number of hydrogen-bond acceptors (Lipinski definition) is 4. The quantitative estimate of drug-likeness (QED) is 0.745. The minimum absolute atomic E-state index is 0.00939. The van der Waals surface area contributed by atoms with Crippen molar-refractivity contribution in [2.24, 2.45) is 0 Å². The van der Waals surface area contributed by atoms with Crippen molar-refractivity contribution in [3.8, 4) is 0 Å². The molecule has 0 amide bonds. The molecule has 0 radical (unpaired) electrons. The predicted octanol–water partition coefficient (Wildman–Crippen LogP) is 2.91. The Labute approximate surface area is 121 Å². The molecule has 0 aromatic rings. The maximum atomic E-state index is 12.7. The van der Waals surface area contributed by atoms with Crippen molar-refractivity contribution in [1.29, 1.82) is 0 Å². The van der Waals surface area contributed by atoms with E-state index in [2.05, 4.69) is 0 Å². The first-order valence-corrected chi connectivity index (χ1v) is 7.82. The van der Waals surface area contributed by atoms with Crippen molar-refractivity contribution in [3.63, 3.8) is 0 Å². The van der Waals surface area contributed by atoms with Crippen LogP contribution in [-0.2, 0) is 19.4 Å². The molecule has 0 saturated heterocycles. The smallest absolute Gasteiger partial charge is 0.416 e. The summed E-state index contributed by atoms with van der Waals surface area (Å²) in [6.45, 7) is 3.77. The summed E-state index contributed by atoms with van der Waals surface area (Å²) >= 11 is 0. The highest BCUT2D eigenvalue weighted by Crippen LogP contribution is 2.36. The number of rotatable bonds is 4. The van der Waals surface area contributed by atoms with Crippen LogP contribution in [0.1, 0.15) is 33.6 Å². The molecule has 0 heterocycles. The fourth-order valence-electron chi connectivity index (χ4n) is 1.83. The standard InChI is InChI=1S/C13H17F3O4S/c1-4-20-11(17)12(2,3)21(18,19)10-7-5-6-9(8-10)13(14,15)16/h6,8H,4-5,7H2,1-3H3. The first-order chi connectivity index (χ1) is 9.44. The third-order valence-corrected chi connectivity index (χ3v) is 5.71. The lowest BCUT2D eigenvalue weighted by Gasteiger charge is -2.25. The maximum Gasteiger partial charge on any atom is 0.416 e. The van der Waals surface area contributed by atoms with Crippen molar-refractivity contribution in [1.82, 2.24) is 0 Å². The number of alkyl halides is 3. The fourth-order valence-corrected chi connectivity index (χ4v) is 3.43. The summed E-state index contributed by atoms with van der Waals surface area (Å²) in [4.78, 5) is 11.4. The molecule has 1 rings (SSSR count). The zero-order valence-electron chi connectivity index (χ0n) is 12.0. The van der Waals surface area contributed by atoms with Crippen LogP contribution in [-0.4, -0.2) is 31.9 Å². The molecule has 0 aromatic heterocycles. The number of hydrogen-bond donors (Lipinski definition) is 0. The van der Waals surface area contributed by atoms with Crippen molar-refractivity contribution in [2.45, 2.75) is 44.5 Å². The van der Waals surface area contributed by atoms with E-state index in [1.165, 1.54) is 6.92 Å². The van der Waals surface area contributed by atoms with Crippen LogP contribution in [0.2, 0.25) is 0 Å². The number of carbonyl (C=O) groups excluding carboxylic acids is 1. The van der Waals surface area contributed by atoms with Gasteiger partial charge in [-0.15, -0.1) is 0 Å². The first-order valence-electron chi connectivity index (χ1n) is 6.34. The second kappa shape index (κ2) is 5.82. The van der Waals surface area contributed by atoms with E-state index < -0.39 is 37.2 Å². The van der Waals surface area contributed by atoms with Crippen LogP contribution in [0, 0.1) is 0 Å². The highest BCUT2D eigenvalue weighted by atomic mass is 32.2. The Kier molecular flexibility index (Phi) is 4.92. The van der Waals surface area contributed by atoms with E-state index in [-0.39, 0.29) is 19.4 Å². The van der Waals surface area contributed by atoms with Crippen molar-refractivity contribution < 1.29 is 31.1 Å². The first kappa shape index (κ1) is 17.7. The van der Waals surface area contributed by atoms with Crippen molar-refractivity contribution in [2.75, 3.05) is 6.61 Å². The Balaban J connectivity index is 3.23. The second-order valence-electron chi connectivity index (χ2n) is 5.04. The predicted molar refractivity (Wildman–Crippen MR) is 71.1 cm³/mol. The van der Waals surface area contributed by atoms with E-state index in [0.29, 0.717) is 6.08 Å². The normalized spacial score (nSPS) is 17.0. The molecule has 1 aliphatic carbocycles. The number of allylic oxidation sites excluding steroid dienone is 4. The fraction of sp³-hybridized carbons (Fsp3) is 0.615. The summed E-state index contributed by atoms with van der Waals surface area (Å²) in [5.74, 6) is -0.978. The summed E-state index contributed by atoms with van der Waals surface area (Å²) in [6, 6.07) is 0. The van der Waals surface area contributed by atoms with Gasteiger partial charge in [-0.05, 0) is 39.7 Å². The molecular weight excluding hydrogens is 309 g/mol.